The molecule has 7 nitrogen and oxygen atoms in total. The average molecular weight is 377 g/mol. The zero-order valence-electron chi connectivity index (χ0n) is 14.4. The minimum Gasteiger partial charge on any atom is -0.376 e. The number of rotatable bonds is 4. The summed E-state index contributed by atoms with van der Waals surface area (Å²) in [6, 6.07) is 7.00. The number of urea groups is 1. The zero-order chi connectivity index (χ0) is 17.9. The third-order valence-corrected chi connectivity index (χ3v) is 5.06. The molecule has 1 aromatic heterocycles. The van der Waals surface area contributed by atoms with Gasteiger partial charge in [-0.25, -0.2) is 4.79 Å². The summed E-state index contributed by atoms with van der Waals surface area (Å²) in [5, 5.41) is 7.63. The van der Waals surface area contributed by atoms with Crippen LogP contribution in [0.1, 0.15) is 37.6 Å². The molecule has 26 heavy (non-hydrogen) atoms. The fourth-order valence-electron chi connectivity index (χ4n) is 3.49. The smallest absolute Gasteiger partial charge is 0.318 e. The van der Waals surface area contributed by atoms with Crippen molar-refractivity contribution >= 4 is 17.6 Å². The van der Waals surface area contributed by atoms with E-state index in [4.69, 9.17) is 20.9 Å². The first-order chi connectivity index (χ1) is 12.7. The minimum atomic E-state index is -0.195. The van der Waals surface area contributed by atoms with E-state index in [1.54, 1.807) is 17.0 Å². The SMILES string of the molecule is O=C(NC[C@H]1CCCO1)N1CCC[C@@H]1c1nc(-c2cccc(Cl)c2)no1. The molecular weight excluding hydrogens is 356 g/mol. The number of aromatic nitrogens is 2. The number of hydrogen-bond donors (Lipinski definition) is 1. The Kier molecular flexibility index (Phi) is 5.08. The summed E-state index contributed by atoms with van der Waals surface area (Å²) in [6.07, 6.45) is 3.90. The van der Waals surface area contributed by atoms with E-state index < -0.39 is 0 Å². The van der Waals surface area contributed by atoms with E-state index in [9.17, 15) is 4.79 Å². The Balaban J connectivity index is 1.43. The normalized spacial score (nSPS) is 22.7. The van der Waals surface area contributed by atoms with Gasteiger partial charge in [-0.3, -0.25) is 0 Å². The van der Waals surface area contributed by atoms with Crippen molar-refractivity contribution in [2.75, 3.05) is 19.7 Å². The molecule has 2 atom stereocenters. The number of amides is 2. The van der Waals surface area contributed by atoms with E-state index in [0.717, 1.165) is 37.9 Å². The van der Waals surface area contributed by atoms with Gasteiger partial charge < -0.3 is 19.5 Å². The molecule has 1 aromatic carbocycles. The number of nitrogens with zero attached hydrogens (tertiary/aromatic N) is 3. The minimum absolute atomic E-state index is 0.106. The first-order valence-electron chi connectivity index (χ1n) is 8.96. The van der Waals surface area contributed by atoms with Crippen LogP contribution in [0.25, 0.3) is 11.4 Å². The van der Waals surface area contributed by atoms with Gasteiger partial charge in [0.2, 0.25) is 11.7 Å². The molecule has 2 aromatic rings. The molecule has 2 aliphatic rings. The van der Waals surface area contributed by atoms with Crippen molar-refractivity contribution in [2.45, 2.75) is 37.8 Å². The van der Waals surface area contributed by atoms with Gasteiger partial charge in [-0.15, -0.1) is 0 Å². The van der Waals surface area contributed by atoms with Crippen LogP contribution in [0.5, 0.6) is 0 Å². The lowest BCUT2D eigenvalue weighted by Crippen LogP contribution is -2.42. The van der Waals surface area contributed by atoms with Crippen molar-refractivity contribution in [1.29, 1.82) is 0 Å². The number of carbonyl (C=O) groups excluding carboxylic acids is 1. The van der Waals surface area contributed by atoms with Crippen LogP contribution in [-0.4, -0.2) is 46.9 Å². The molecule has 1 N–H and O–H groups in total. The molecule has 2 fully saturated rings. The molecule has 0 bridgehead atoms. The highest BCUT2D eigenvalue weighted by atomic mass is 35.5. The van der Waals surface area contributed by atoms with Gasteiger partial charge in [-0.1, -0.05) is 28.9 Å². The van der Waals surface area contributed by atoms with Crippen LogP contribution in [0.3, 0.4) is 0 Å². The number of likely N-dealkylation sites (tertiary alicyclic amines) is 1. The fourth-order valence-corrected chi connectivity index (χ4v) is 3.68. The highest BCUT2D eigenvalue weighted by molar-refractivity contribution is 6.30. The van der Waals surface area contributed by atoms with Gasteiger partial charge in [-0.05, 0) is 37.8 Å². The fraction of sp³-hybridized carbons (Fsp3) is 0.500. The standard InChI is InChI=1S/C18H21ClN4O3/c19-13-5-1-4-12(10-13)16-21-17(26-22-16)15-7-2-8-23(15)18(24)20-11-14-6-3-9-25-14/h1,4-5,10,14-15H,2-3,6-9,11H2,(H,20,24)/t14-,15-/m1/s1. The van der Waals surface area contributed by atoms with Crippen LogP contribution in [0.15, 0.2) is 28.8 Å². The molecule has 0 unspecified atom stereocenters. The molecule has 3 heterocycles. The molecule has 0 saturated carbocycles. The van der Waals surface area contributed by atoms with Gasteiger partial charge in [0.25, 0.3) is 0 Å². The first-order valence-corrected chi connectivity index (χ1v) is 9.34. The van der Waals surface area contributed by atoms with Gasteiger partial charge in [0.1, 0.15) is 6.04 Å². The first kappa shape index (κ1) is 17.3. The Morgan fingerprint density at radius 3 is 3.08 bits per heavy atom. The Morgan fingerprint density at radius 2 is 2.27 bits per heavy atom. The Bertz CT molecular complexity index is 775. The van der Waals surface area contributed by atoms with E-state index in [1.807, 2.05) is 12.1 Å². The maximum absolute atomic E-state index is 12.6. The van der Waals surface area contributed by atoms with Crippen molar-refractivity contribution in [3.63, 3.8) is 0 Å². The Morgan fingerprint density at radius 1 is 1.35 bits per heavy atom. The van der Waals surface area contributed by atoms with Crippen LogP contribution < -0.4 is 5.32 Å². The summed E-state index contributed by atoms with van der Waals surface area (Å²) >= 11 is 6.02. The van der Waals surface area contributed by atoms with Crippen LogP contribution in [-0.2, 0) is 4.74 Å². The molecule has 2 aliphatic heterocycles. The number of ether oxygens (including phenoxy) is 1. The van der Waals surface area contributed by atoms with Crippen molar-refractivity contribution in [3.8, 4) is 11.4 Å². The summed E-state index contributed by atoms with van der Waals surface area (Å²) < 4.78 is 11.0. The molecule has 8 heteroatoms. The second-order valence-electron chi connectivity index (χ2n) is 6.64. The van der Waals surface area contributed by atoms with Gasteiger partial charge in [0.05, 0.1) is 6.10 Å². The van der Waals surface area contributed by atoms with E-state index >= 15 is 0 Å². The maximum atomic E-state index is 12.6. The third kappa shape index (κ3) is 3.68. The quantitative estimate of drug-likeness (QED) is 0.884. The second-order valence-corrected chi connectivity index (χ2v) is 7.08. The van der Waals surface area contributed by atoms with Gasteiger partial charge in [0, 0.05) is 30.3 Å². The van der Waals surface area contributed by atoms with Gasteiger partial charge >= 0.3 is 6.03 Å². The number of carbonyl (C=O) groups is 1. The van der Waals surface area contributed by atoms with E-state index in [2.05, 4.69) is 15.5 Å². The Labute approximate surface area is 156 Å². The van der Waals surface area contributed by atoms with Crippen molar-refractivity contribution < 1.29 is 14.1 Å². The summed E-state index contributed by atoms with van der Waals surface area (Å²) in [4.78, 5) is 18.8. The number of nitrogens with one attached hydrogen (secondary N) is 1. The molecule has 2 saturated heterocycles. The molecule has 2 amide bonds. The van der Waals surface area contributed by atoms with Crippen LogP contribution in [0.2, 0.25) is 5.02 Å². The molecule has 0 aliphatic carbocycles. The van der Waals surface area contributed by atoms with E-state index in [0.29, 0.717) is 29.8 Å². The second kappa shape index (κ2) is 7.63. The average Bonchev–Trinajstić information content (AvgIpc) is 3.40. The van der Waals surface area contributed by atoms with Crippen LogP contribution in [0.4, 0.5) is 4.79 Å². The molecule has 138 valence electrons. The highest BCUT2D eigenvalue weighted by Gasteiger charge is 2.34. The van der Waals surface area contributed by atoms with Gasteiger partial charge in [-0.2, -0.15) is 4.98 Å². The molecular formula is C18H21ClN4O3. The predicted molar refractivity (Wildman–Crippen MR) is 95.8 cm³/mol. The van der Waals surface area contributed by atoms with E-state index in [1.165, 1.54) is 0 Å². The monoisotopic (exact) mass is 376 g/mol. The summed E-state index contributed by atoms with van der Waals surface area (Å²) in [6.45, 7) is 2.00. The third-order valence-electron chi connectivity index (χ3n) is 4.83. The maximum Gasteiger partial charge on any atom is 0.318 e. The summed E-state index contributed by atoms with van der Waals surface area (Å²) in [5.41, 5.74) is 0.792. The lowest BCUT2D eigenvalue weighted by molar-refractivity contribution is 0.108. The van der Waals surface area contributed by atoms with Crippen molar-refractivity contribution in [1.82, 2.24) is 20.4 Å². The lowest BCUT2D eigenvalue weighted by atomic mass is 10.2. The summed E-state index contributed by atoms with van der Waals surface area (Å²) in [5.74, 6) is 0.943. The van der Waals surface area contributed by atoms with Crippen molar-refractivity contribution in [2.24, 2.45) is 0 Å². The topological polar surface area (TPSA) is 80.5 Å². The van der Waals surface area contributed by atoms with Crippen LogP contribution >= 0.6 is 11.6 Å². The number of halogens is 1. The molecule has 0 radical (unpaired) electrons. The van der Waals surface area contributed by atoms with Crippen LogP contribution in [0, 0.1) is 0 Å². The zero-order valence-corrected chi connectivity index (χ0v) is 15.1. The number of benzene rings is 1. The molecule has 0 spiro atoms. The molecule has 4 rings (SSSR count). The summed E-state index contributed by atoms with van der Waals surface area (Å²) in [7, 11) is 0. The predicted octanol–water partition coefficient (Wildman–Crippen LogP) is 3.42. The largest absolute Gasteiger partial charge is 0.376 e. The number of hydrogen-bond acceptors (Lipinski definition) is 5. The van der Waals surface area contributed by atoms with Gasteiger partial charge in [0.15, 0.2) is 0 Å². The van der Waals surface area contributed by atoms with E-state index in [-0.39, 0.29) is 18.2 Å². The highest BCUT2D eigenvalue weighted by Crippen LogP contribution is 2.32. The Hall–Kier alpha value is -2.12. The van der Waals surface area contributed by atoms with Crippen molar-refractivity contribution in [3.05, 3.63) is 35.2 Å². The lowest BCUT2D eigenvalue weighted by Gasteiger charge is -2.23.